The molecule has 0 saturated heterocycles. The summed E-state index contributed by atoms with van der Waals surface area (Å²) in [5, 5.41) is 26.2. The molecular weight excluding hydrogens is 188 g/mol. The van der Waals surface area contributed by atoms with E-state index in [1.165, 1.54) is 0 Å². The summed E-state index contributed by atoms with van der Waals surface area (Å²) < 4.78 is 0. The fourth-order valence-corrected chi connectivity index (χ4v) is 1.01. The highest BCUT2D eigenvalue weighted by Gasteiger charge is 2.28. The summed E-state index contributed by atoms with van der Waals surface area (Å²) in [6.45, 7) is 1.97. The molecule has 2 unspecified atom stereocenters. The van der Waals surface area contributed by atoms with Gasteiger partial charge in [-0.05, 0) is 6.42 Å². The maximum atomic E-state index is 11.1. The zero-order chi connectivity index (χ0) is 11.1. The van der Waals surface area contributed by atoms with Gasteiger partial charge in [0, 0.05) is 6.42 Å². The first-order valence-electron chi connectivity index (χ1n) is 4.62. The van der Waals surface area contributed by atoms with Crippen LogP contribution in [0.15, 0.2) is 0 Å². The van der Waals surface area contributed by atoms with Crippen molar-refractivity contribution in [3.05, 3.63) is 0 Å². The summed E-state index contributed by atoms with van der Waals surface area (Å²) in [5.74, 6) is -2.20. The van der Waals surface area contributed by atoms with Crippen LogP contribution >= 0.6 is 0 Å². The van der Waals surface area contributed by atoms with Crippen LogP contribution in [-0.2, 0) is 9.59 Å². The minimum Gasteiger partial charge on any atom is -0.479 e. The Bertz CT molecular complexity index is 201. The standard InChI is InChI=1S/C9H16O5/c1-2-3-4-5-6(10)7(11)8(12)9(13)14/h7-8,11-12H,2-5H2,1H3,(H,13,14). The average molecular weight is 204 g/mol. The van der Waals surface area contributed by atoms with Gasteiger partial charge in [-0.1, -0.05) is 19.8 Å². The molecule has 0 fully saturated rings. The van der Waals surface area contributed by atoms with Gasteiger partial charge in [-0.25, -0.2) is 4.79 Å². The summed E-state index contributed by atoms with van der Waals surface area (Å²) >= 11 is 0. The van der Waals surface area contributed by atoms with Gasteiger partial charge in [-0.3, -0.25) is 4.79 Å². The molecule has 0 aromatic carbocycles. The Morgan fingerprint density at radius 1 is 1.14 bits per heavy atom. The fraction of sp³-hybridized carbons (Fsp3) is 0.778. The molecule has 0 aliphatic rings. The number of aliphatic carboxylic acids is 1. The van der Waals surface area contributed by atoms with E-state index in [1.54, 1.807) is 0 Å². The largest absolute Gasteiger partial charge is 0.479 e. The molecule has 0 saturated carbocycles. The Labute approximate surface area is 82.4 Å². The van der Waals surface area contributed by atoms with Crippen molar-refractivity contribution in [2.45, 2.75) is 44.8 Å². The Morgan fingerprint density at radius 3 is 2.14 bits per heavy atom. The molecule has 0 spiro atoms. The molecule has 5 nitrogen and oxygen atoms in total. The summed E-state index contributed by atoms with van der Waals surface area (Å²) in [4.78, 5) is 21.3. The van der Waals surface area contributed by atoms with Crippen LogP contribution in [0.5, 0.6) is 0 Å². The molecule has 0 aliphatic carbocycles. The molecule has 0 amide bonds. The van der Waals surface area contributed by atoms with Gasteiger partial charge < -0.3 is 15.3 Å². The first-order chi connectivity index (χ1) is 6.50. The number of carbonyl (C=O) groups excluding carboxylic acids is 1. The summed E-state index contributed by atoms with van der Waals surface area (Å²) in [7, 11) is 0. The zero-order valence-corrected chi connectivity index (χ0v) is 8.14. The second-order valence-electron chi connectivity index (χ2n) is 3.15. The van der Waals surface area contributed by atoms with E-state index in [0.29, 0.717) is 6.42 Å². The monoisotopic (exact) mass is 204 g/mol. The van der Waals surface area contributed by atoms with Crippen molar-refractivity contribution < 1.29 is 24.9 Å². The van der Waals surface area contributed by atoms with Crippen molar-refractivity contribution in [2.24, 2.45) is 0 Å². The number of unbranched alkanes of at least 4 members (excludes halogenated alkanes) is 2. The topological polar surface area (TPSA) is 94.8 Å². The van der Waals surface area contributed by atoms with Crippen molar-refractivity contribution in [2.75, 3.05) is 0 Å². The number of aliphatic hydroxyl groups excluding tert-OH is 2. The van der Waals surface area contributed by atoms with Gasteiger partial charge in [-0.2, -0.15) is 0 Å². The van der Waals surface area contributed by atoms with Crippen LogP contribution in [0.25, 0.3) is 0 Å². The lowest BCUT2D eigenvalue weighted by molar-refractivity contribution is -0.157. The van der Waals surface area contributed by atoms with Gasteiger partial charge in [0.05, 0.1) is 0 Å². The first kappa shape index (κ1) is 13.1. The SMILES string of the molecule is CCCCCC(=O)C(O)C(O)C(=O)O. The van der Waals surface area contributed by atoms with E-state index in [9.17, 15) is 9.59 Å². The minimum atomic E-state index is -2.01. The predicted molar refractivity (Wildman–Crippen MR) is 48.8 cm³/mol. The quantitative estimate of drug-likeness (QED) is 0.505. The highest BCUT2D eigenvalue weighted by Crippen LogP contribution is 2.05. The van der Waals surface area contributed by atoms with Crippen molar-refractivity contribution in [3.63, 3.8) is 0 Å². The van der Waals surface area contributed by atoms with E-state index in [0.717, 1.165) is 12.8 Å². The molecule has 0 aliphatic heterocycles. The molecular formula is C9H16O5. The molecule has 2 atom stereocenters. The number of rotatable bonds is 7. The molecule has 14 heavy (non-hydrogen) atoms. The maximum absolute atomic E-state index is 11.1. The number of aliphatic hydroxyl groups is 2. The van der Waals surface area contributed by atoms with E-state index < -0.39 is 24.0 Å². The van der Waals surface area contributed by atoms with Gasteiger partial charge in [-0.15, -0.1) is 0 Å². The number of carboxylic acids is 1. The molecule has 5 heteroatoms. The smallest absolute Gasteiger partial charge is 0.335 e. The van der Waals surface area contributed by atoms with E-state index in [2.05, 4.69) is 0 Å². The van der Waals surface area contributed by atoms with Crippen LogP contribution in [0.3, 0.4) is 0 Å². The number of hydrogen-bond acceptors (Lipinski definition) is 4. The van der Waals surface area contributed by atoms with Gasteiger partial charge in [0.1, 0.15) is 6.10 Å². The van der Waals surface area contributed by atoms with Crippen LogP contribution < -0.4 is 0 Å². The molecule has 0 aromatic rings. The number of Topliss-reactive ketones (excluding diaryl/α,β-unsaturated/α-hetero) is 1. The zero-order valence-electron chi connectivity index (χ0n) is 8.14. The molecule has 0 heterocycles. The van der Waals surface area contributed by atoms with Crippen LogP contribution in [0.2, 0.25) is 0 Å². The van der Waals surface area contributed by atoms with E-state index >= 15 is 0 Å². The van der Waals surface area contributed by atoms with Gasteiger partial charge >= 0.3 is 5.97 Å². The highest BCUT2D eigenvalue weighted by molar-refractivity contribution is 5.89. The Hall–Kier alpha value is -0.940. The highest BCUT2D eigenvalue weighted by atomic mass is 16.4. The number of hydrogen-bond donors (Lipinski definition) is 3. The Balaban J connectivity index is 3.92. The summed E-state index contributed by atoms with van der Waals surface area (Å²) in [5.41, 5.74) is 0. The molecule has 82 valence electrons. The second-order valence-corrected chi connectivity index (χ2v) is 3.15. The molecule has 0 bridgehead atoms. The molecule has 0 radical (unpaired) electrons. The van der Waals surface area contributed by atoms with Crippen molar-refractivity contribution in [3.8, 4) is 0 Å². The third-order valence-corrected chi connectivity index (χ3v) is 1.91. The van der Waals surface area contributed by atoms with Gasteiger partial charge in [0.25, 0.3) is 0 Å². The normalized spacial score (nSPS) is 14.8. The van der Waals surface area contributed by atoms with E-state index in [4.69, 9.17) is 15.3 Å². The Morgan fingerprint density at radius 2 is 1.71 bits per heavy atom. The lowest BCUT2D eigenvalue weighted by Gasteiger charge is -2.12. The van der Waals surface area contributed by atoms with Crippen LogP contribution in [0, 0.1) is 0 Å². The van der Waals surface area contributed by atoms with Crippen molar-refractivity contribution >= 4 is 11.8 Å². The van der Waals surface area contributed by atoms with Crippen molar-refractivity contribution in [1.29, 1.82) is 0 Å². The average Bonchev–Trinajstić information content (AvgIpc) is 2.15. The second kappa shape index (κ2) is 6.50. The minimum absolute atomic E-state index is 0.110. The fourth-order valence-electron chi connectivity index (χ4n) is 1.01. The van der Waals surface area contributed by atoms with Crippen LogP contribution in [0.1, 0.15) is 32.6 Å². The van der Waals surface area contributed by atoms with Gasteiger partial charge in [0.15, 0.2) is 11.9 Å². The van der Waals surface area contributed by atoms with Crippen LogP contribution in [0.4, 0.5) is 0 Å². The van der Waals surface area contributed by atoms with Crippen LogP contribution in [-0.4, -0.2) is 39.3 Å². The number of ketones is 1. The maximum Gasteiger partial charge on any atom is 0.335 e. The first-order valence-corrected chi connectivity index (χ1v) is 4.62. The van der Waals surface area contributed by atoms with Crippen molar-refractivity contribution in [1.82, 2.24) is 0 Å². The summed E-state index contributed by atoms with van der Waals surface area (Å²) in [6.07, 6.45) is -1.31. The lowest BCUT2D eigenvalue weighted by atomic mass is 10.0. The summed E-state index contributed by atoms with van der Waals surface area (Å²) in [6, 6.07) is 0. The lowest BCUT2D eigenvalue weighted by Crippen LogP contribution is -2.39. The predicted octanol–water partition coefficient (Wildman–Crippen LogP) is -0.0578. The Kier molecular flexibility index (Phi) is 6.07. The molecule has 0 aromatic heterocycles. The third kappa shape index (κ3) is 4.34. The van der Waals surface area contributed by atoms with E-state index in [-0.39, 0.29) is 6.42 Å². The third-order valence-electron chi connectivity index (χ3n) is 1.91. The van der Waals surface area contributed by atoms with Gasteiger partial charge in [0.2, 0.25) is 0 Å². The molecule has 3 N–H and O–H groups in total. The number of carboxylic acid groups (broad SMARTS) is 1. The van der Waals surface area contributed by atoms with E-state index in [1.807, 2.05) is 6.92 Å². The molecule has 0 rings (SSSR count). The number of carbonyl (C=O) groups is 2.